The van der Waals surface area contributed by atoms with Gasteiger partial charge in [0.1, 0.15) is 5.75 Å². The van der Waals surface area contributed by atoms with Crippen LogP contribution < -0.4 is 15.0 Å². The fourth-order valence-corrected chi connectivity index (χ4v) is 4.93. The molecule has 0 spiro atoms. The average Bonchev–Trinajstić information content (AvgIpc) is 3.38. The van der Waals surface area contributed by atoms with Gasteiger partial charge in [0.25, 0.3) is 5.91 Å². The van der Waals surface area contributed by atoms with Gasteiger partial charge in [-0.15, -0.1) is 11.3 Å². The molecule has 1 aliphatic rings. The molecule has 0 unspecified atom stereocenters. The van der Waals surface area contributed by atoms with Crippen molar-refractivity contribution in [2.45, 2.75) is 25.8 Å². The zero-order chi connectivity index (χ0) is 24.1. The zero-order valence-electron chi connectivity index (χ0n) is 19.0. The number of thiophene rings is 1. The number of nitrogens with one attached hydrogen (secondary N) is 1. The van der Waals surface area contributed by atoms with Crippen molar-refractivity contribution >= 4 is 40.5 Å². The molecule has 1 aromatic heterocycles. The average molecular weight is 479 g/mol. The molecule has 1 fully saturated rings. The van der Waals surface area contributed by atoms with E-state index in [1.807, 2.05) is 48.7 Å². The van der Waals surface area contributed by atoms with Crippen LogP contribution in [0.3, 0.4) is 0 Å². The maximum Gasteiger partial charge on any atom is 0.311 e. The summed E-state index contributed by atoms with van der Waals surface area (Å²) in [5.41, 5.74) is 2.40. The minimum absolute atomic E-state index is 0.0384. The molecule has 1 N–H and O–H groups in total. The summed E-state index contributed by atoms with van der Waals surface area (Å²) in [7, 11) is 1.56. The number of esters is 1. The molecular formula is C26H26N2O5S. The summed E-state index contributed by atoms with van der Waals surface area (Å²) < 4.78 is 10.5. The van der Waals surface area contributed by atoms with Crippen LogP contribution in [0, 0.1) is 12.8 Å². The van der Waals surface area contributed by atoms with Crippen molar-refractivity contribution in [3.05, 3.63) is 76.5 Å². The summed E-state index contributed by atoms with van der Waals surface area (Å²) in [4.78, 5) is 41.0. The lowest BCUT2D eigenvalue weighted by atomic mass is 9.87. The summed E-state index contributed by atoms with van der Waals surface area (Å²) in [6.45, 7) is 1.58. The Balaban J connectivity index is 1.48. The molecule has 2 aromatic carbocycles. The van der Waals surface area contributed by atoms with E-state index in [0.717, 1.165) is 16.1 Å². The largest absolute Gasteiger partial charge is 0.497 e. The van der Waals surface area contributed by atoms with Crippen LogP contribution in [0.5, 0.6) is 5.75 Å². The second kappa shape index (κ2) is 10.5. The number of aryl methyl sites for hydroxylation is 1. The van der Waals surface area contributed by atoms with Crippen LogP contribution in [0.25, 0.3) is 0 Å². The number of piperidine rings is 1. The molecule has 1 aliphatic heterocycles. The maximum atomic E-state index is 13.1. The minimum Gasteiger partial charge on any atom is -0.497 e. The summed E-state index contributed by atoms with van der Waals surface area (Å²) in [5.74, 6) is -0.870. The van der Waals surface area contributed by atoms with Crippen molar-refractivity contribution in [1.29, 1.82) is 0 Å². The van der Waals surface area contributed by atoms with Gasteiger partial charge in [0, 0.05) is 22.7 Å². The maximum absolute atomic E-state index is 13.1. The van der Waals surface area contributed by atoms with Crippen LogP contribution in [0.1, 0.15) is 29.3 Å². The number of amides is 2. The lowest BCUT2D eigenvalue weighted by molar-refractivity contribution is -0.153. The molecule has 3 aromatic rings. The number of carbonyl (C=O) groups is 3. The summed E-state index contributed by atoms with van der Waals surface area (Å²) in [6, 6.07) is 17.9. The summed E-state index contributed by atoms with van der Waals surface area (Å²) >= 11 is 1.49. The lowest BCUT2D eigenvalue weighted by Gasteiger charge is -2.39. The van der Waals surface area contributed by atoms with E-state index in [-0.39, 0.29) is 12.3 Å². The number of nitrogens with zero attached hydrogens (tertiary/aromatic N) is 1. The van der Waals surface area contributed by atoms with Gasteiger partial charge in [0.2, 0.25) is 5.91 Å². The number of benzene rings is 2. The minimum atomic E-state index is -0.577. The molecule has 2 amide bonds. The molecule has 0 saturated carbocycles. The smallest absolute Gasteiger partial charge is 0.311 e. The molecule has 2 atom stereocenters. The number of carbonyl (C=O) groups excluding carboxylic acids is 3. The fraction of sp³-hybridized carbons (Fsp3) is 0.269. The molecule has 1 saturated heterocycles. The highest BCUT2D eigenvalue weighted by Gasteiger charge is 2.43. The van der Waals surface area contributed by atoms with Crippen molar-refractivity contribution < 1.29 is 23.9 Å². The third kappa shape index (κ3) is 5.28. The predicted octanol–water partition coefficient (Wildman–Crippen LogP) is 4.73. The second-order valence-electron chi connectivity index (χ2n) is 8.09. The third-order valence-electron chi connectivity index (χ3n) is 5.77. The number of rotatable bonds is 7. The topological polar surface area (TPSA) is 84.9 Å². The van der Waals surface area contributed by atoms with E-state index in [0.29, 0.717) is 17.9 Å². The van der Waals surface area contributed by atoms with E-state index < -0.39 is 30.4 Å². The molecule has 7 nitrogen and oxygen atoms in total. The van der Waals surface area contributed by atoms with Gasteiger partial charge < -0.3 is 19.7 Å². The Morgan fingerprint density at radius 1 is 1.09 bits per heavy atom. The fourth-order valence-electron chi connectivity index (χ4n) is 4.05. The highest BCUT2D eigenvalue weighted by atomic mass is 32.1. The van der Waals surface area contributed by atoms with Crippen molar-refractivity contribution in [2.24, 2.45) is 5.92 Å². The van der Waals surface area contributed by atoms with E-state index >= 15 is 0 Å². The van der Waals surface area contributed by atoms with E-state index in [9.17, 15) is 14.4 Å². The normalized spacial score (nSPS) is 17.8. The van der Waals surface area contributed by atoms with Crippen LogP contribution in [0.4, 0.5) is 11.4 Å². The Morgan fingerprint density at radius 2 is 1.82 bits per heavy atom. The standard InChI is InChI=1S/C26H26N2O5S/c1-17-5-9-19(10-6-17)28-24(30)14-13-21(25(28)22-4-3-15-34-22)26(31)33-16-23(29)27-18-7-11-20(32-2)12-8-18/h3-12,15,21,25H,13-14,16H2,1-2H3,(H,27,29)/t21-,25+/m1/s1. The Hall–Kier alpha value is -3.65. The number of ether oxygens (including phenoxy) is 2. The lowest BCUT2D eigenvalue weighted by Crippen LogP contribution is -2.46. The van der Waals surface area contributed by atoms with Crippen LogP contribution >= 0.6 is 11.3 Å². The molecule has 34 heavy (non-hydrogen) atoms. The van der Waals surface area contributed by atoms with Gasteiger partial charge in [0.05, 0.1) is 19.1 Å². The number of hydrogen-bond acceptors (Lipinski definition) is 6. The SMILES string of the molecule is COc1ccc(NC(=O)COC(=O)[C@@H]2CCC(=O)N(c3ccc(C)cc3)[C@@H]2c2cccs2)cc1. The Morgan fingerprint density at radius 3 is 2.47 bits per heavy atom. The first-order chi connectivity index (χ1) is 16.5. The molecular weight excluding hydrogens is 452 g/mol. The van der Waals surface area contributed by atoms with E-state index in [1.54, 1.807) is 36.3 Å². The van der Waals surface area contributed by atoms with Crippen LogP contribution in [-0.2, 0) is 19.1 Å². The zero-order valence-corrected chi connectivity index (χ0v) is 19.8. The van der Waals surface area contributed by atoms with E-state index in [1.165, 1.54) is 11.3 Å². The van der Waals surface area contributed by atoms with Gasteiger partial charge in [-0.2, -0.15) is 0 Å². The Labute approximate surface area is 202 Å². The second-order valence-corrected chi connectivity index (χ2v) is 9.07. The molecule has 0 bridgehead atoms. The van der Waals surface area contributed by atoms with E-state index in [4.69, 9.17) is 9.47 Å². The molecule has 4 rings (SSSR count). The van der Waals surface area contributed by atoms with Gasteiger partial charge in [0.15, 0.2) is 6.61 Å². The molecule has 2 heterocycles. The van der Waals surface area contributed by atoms with Gasteiger partial charge in [-0.3, -0.25) is 14.4 Å². The van der Waals surface area contributed by atoms with Crippen molar-refractivity contribution in [2.75, 3.05) is 23.9 Å². The van der Waals surface area contributed by atoms with Crippen molar-refractivity contribution in [3.63, 3.8) is 0 Å². The van der Waals surface area contributed by atoms with Gasteiger partial charge in [-0.25, -0.2) is 0 Å². The first-order valence-electron chi connectivity index (χ1n) is 11.0. The molecule has 176 valence electrons. The molecule has 8 heteroatoms. The monoisotopic (exact) mass is 478 g/mol. The Kier molecular flexibility index (Phi) is 7.27. The van der Waals surface area contributed by atoms with E-state index in [2.05, 4.69) is 5.32 Å². The highest BCUT2D eigenvalue weighted by Crippen LogP contribution is 2.42. The molecule has 0 radical (unpaired) electrons. The van der Waals surface area contributed by atoms with Crippen LogP contribution in [0.2, 0.25) is 0 Å². The quantitative estimate of drug-likeness (QED) is 0.496. The van der Waals surface area contributed by atoms with Crippen molar-refractivity contribution in [1.82, 2.24) is 0 Å². The van der Waals surface area contributed by atoms with Gasteiger partial charge in [-0.1, -0.05) is 23.8 Å². The predicted molar refractivity (Wildman–Crippen MR) is 131 cm³/mol. The summed E-state index contributed by atoms with van der Waals surface area (Å²) in [6.07, 6.45) is 0.594. The Bertz CT molecular complexity index is 1140. The first kappa shape index (κ1) is 23.5. The van der Waals surface area contributed by atoms with Gasteiger partial charge >= 0.3 is 5.97 Å². The van der Waals surface area contributed by atoms with Gasteiger partial charge in [-0.05, 0) is 61.2 Å². The van der Waals surface area contributed by atoms with Crippen LogP contribution in [0.15, 0.2) is 66.0 Å². The first-order valence-corrected chi connectivity index (χ1v) is 11.9. The summed E-state index contributed by atoms with van der Waals surface area (Å²) in [5, 5.41) is 4.63. The highest BCUT2D eigenvalue weighted by molar-refractivity contribution is 7.10. The molecule has 0 aliphatic carbocycles. The third-order valence-corrected chi connectivity index (χ3v) is 6.71. The number of anilines is 2. The van der Waals surface area contributed by atoms with Crippen molar-refractivity contribution in [3.8, 4) is 5.75 Å². The number of hydrogen-bond donors (Lipinski definition) is 1. The van der Waals surface area contributed by atoms with Crippen LogP contribution in [-0.4, -0.2) is 31.5 Å². The number of methoxy groups -OCH3 is 1.